The first-order valence-electron chi connectivity index (χ1n) is 8.10. The Bertz CT molecular complexity index is 921. The number of carbonyl (C=O) groups excluding carboxylic acids is 2. The molecule has 0 radical (unpaired) electrons. The number of esters is 1. The summed E-state index contributed by atoms with van der Waals surface area (Å²) in [7, 11) is 1.47. The van der Waals surface area contributed by atoms with Gasteiger partial charge in [0.05, 0.1) is 12.8 Å². The maximum absolute atomic E-state index is 11.9. The zero-order valence-electron chi connectivity index (χ0n) is 15.0. The van der Waals surface area contributed by atoms with Crippen LogP contribution in [-0.4, -0.2) is 32.2 Å². The van der Waals surface area contributed by atoms with E-state index in [1.54, 1.807) is 36.4 Å². The molecule has 144 valence electrons. The fourth-order valence-electron chi connectivity index (χ4n) is 2.12. The van der Waals surface area contributed by atoms with Crippen molar-refractivity contribution in [2.24, 2.45) is 0 Å². The Morgan fingerprint density at radius 2 is 2.00 bits per heavy atom. The van der Waals surface area contributed by atoms with Crippen LogP contribution in [0.1, 0.15) is 5.56 Å². The van der Waals surface area contributed by atoms with Crippen LogP contribution in [0, 0.1) is 11.3 Å². The Morgan fingerprint density at radius 3 is 2.71 bits per heavy atom. The Balaban J connectivity index is 1.88. The summed E-state index contributed by atoms with van der Waals surface area (Å²) in [6, 6.07) is 14.0. The van der Waals surface area contributed by atoms with Crippen LogP contribution in [0.2, 0.25) is 0 Å². The van der Waals surface area contributed by atoms with Crippen LogP contribution in [0.3, 0.4) is 0 Å². The molecule has 2 aromatic rings. The van der Waals surface area contributed by atoms with Crippen molar-refractivity contribution in [3.05, 3.63) is 58.6 Å². The molecule has 2 rings (SSSR count). The Morgan fingerprint density at radius 1 is 1.21 bits per heavy atom. The van der Waals surface area contributed by atoms with E-state index in [0.717, 1.165) is 4.47 Å². The van der Waals surface area contributed by atoms with E-state index in [1.807, 2.05) is 12.1 Å². The van der Waals surface area contributed by atoms with Crippen LogP contribution in [-0.2, 0) is 14.3 Å². The molecule has 8 heteroatoms. The van der Waals surface area contributed by atoms with Gasteiger partial charge in [-0.05, 0) is 51.8 Å². The molecule has 0 aliphatic carbocycles. The summed E-state index contributed by atoms with van der Waals surface area (Å²) in [5, 5.41) is 11.2. The number of carbonyl (C=O) groups is 2. The molecule has 0 aromatic heterocycles. The number of halogens is 1. The number of amides is 1. The van der Waals surface area contributed by atoms with Crippen molar-refractivity contribution in [3.63, 3.8) is 0 Å². The van der Waals surface area contributed by atoms with Crippen molar-refractivity contribution in [2.75, 3.05) is 25.6 Å². The quantitative estimate of drug-likeness (QED) is 0.493. The summed E-state index contributed by atoms with van der Waals surface area (Å²) in [4.78, 5) is 23.7. The average molecular weight is 445 g/mol. The molecule has 0 bridgehead atoms. The largest absolute Gasteiger partial charge is 0.493 e. The van der Waals surface area contributed by atoms with Gasteiger partial charge < -0.3 is 19.5 Å². The number of nitrogens with zero attached hydrogens (tertiary/aromatic N) is 1. The van der Waals surface area contributed by atoms with Gasteiger partial charge in [-0.15, -0.1) is 0 Å². The minimum Gasteiger partial charge on any atom is -0.493 e. The van der Waals surface area contributed by atoms with Gasteiger partial charge >= 0.3 is 5.97 Å². The lowest BCUT2D eigenvalue weighted by Crippen LogP contribution is -2.20. The summed E-state index contributed by atoms with van der Waals surface area (Å²) >= 11 is 3.32. The van der Waals surface area contributed by atoms with E-state index in [2.05, 4.69) is 21.2 Å². The Kier molecular flexibility index (Phi) is 8.06. The highest BCUT2D eigenvalue weighted by atomic mass is 79.9. The monoisotopic (exact) mass is 444 g/mol. The number of hydrogen-bond donors (Lipinski definition) is 1. The fourth-order valence-corrected chi connectivity index (χ4v) is 2.50. The van der Waals surface area contributed by atoms with Crippen LogP contribution in [0.15, 0.2) is 53.0 Å². The first kappa shape index (κ1) is 21.0. The van der Waals surface area contributed by atoms with Crippen molar-refractivity contribution < 1.29 is 23.8 Å². The zero-order valence-corrected chi connectivity index (χ0v) is 16.6. The lowest BCUT2D eigenvalue weighted by molar-refractivity contribution is -0.142. The number of methoxy groups -OCH3 is 1. The van der Waals surface area contributed by atoms with Gasteiger partial charge in [0.2, 0.25) is 0 Å². The molecule has 1 amide bonds. The van der Waals surface area contributed by atoms with E-state index in [4.69, 9.17) is 19.5 Å². The number of benzene rings is 2. The molecular weight excluding hydrogens is 428 g/mol. The lowest BCUT2D eigenvalue weighted by atomic mass is 10.2. The number of ether oxygens (including phenoxy) is 3. The number of nitriles is 1. The third kappa shape index (κ3) is 6.45. The van der Waals surface area contributed by atoms with Gasteiger partial charge in [-0.2, -0.15) is 5.26 Å². The molecule has 0 saturated carbocycles. The molecule has 0 atom stereocenters. The molecule has 0 aliphatic rings. The first-order chi connectivity index (χ1) is 13.5. The van der Waals surface area contributed by atoms with Gasteiger partial charge in [-0.25, -0.2) is 4.79 Å². The molecule has 0 saturated heterocycles. The average Bonchev–Trinajstić information content (AvgIpc) is 2.71. The smallest absolute Gasteiger partial charge is 0.331 e. The molecule has 0 spiro atoms. The molecule has 1 N–H and O–H groups in total. The lowest BCUT2D eigenvalue weighted by Gasteiger charge is -2.09. The van der Waals surface area contributed by atoms with Gasteiger partial charge in [0, 0.05) is 10.5 Å². The Hall–Kier alpha value is -3.31. The SMILES string of the molecule is COc1cc(/C=C/C(=O)OCC(=O)Nc2ccccc2Br)ccc1OCC#N. The van der Waals surface area contributed by atoms with E-state index < -0.39 is 18.5 Å². The molecule has 0 unspecified atom stereocenters. The molecule has 0 heterocycles. The summed E-state index contributed by atoms with van der Waals surface area (Å²) in [5.74, 6) is -0.258. The van der Waals surface area contributed by atoms with E-state index in [9.17, 15) is 9.59 Å². The highest BCUT2D eigenvalue weighted by Gasteiger charge is 2.08. The molecule has 0 fully saturated rings. The third-order valence-electron chi connectivity index (χ3n) is 3.39. The Labute approximate surface area is 170 Å². The topological polar surface area (TPSA) is 97.7 Å². The maximum atomic E-state index is 11.9. The highest BCUT2D eigenvalue weighted by Crippen LogP contribution is 2.28. The van der Waals surface area contributed by atoms with E-state index in [-0.39, 0.29) is 6.61 Å². The first-order valence-corrected chi connectivity index (χ1v) is 8.89. The van der Waals surface area contributed by atoms with Gasteiger partial charge in [-0.3, -0.25) is 4.79 Å². The molecular formula is C20H17BrN2O5. The second-order valence-electron chi connectivity index (χ2n) is 5.33. The maximum Gasteiger partial charge on any atom is 0.331 e. The van der Waals surface area contributed by atoms with E-state index in [1.165, 1.54) is 19.3 Å². The van der Waals surface area contributed by atoms with Crippen LogP contribution < -0.4 is 14.8 Å². The van der Waals surface area contributed by atoms with Gasteiger partial charge in [0.25, 0.3) is 5.91 Å². The van der Waals surface area contributed by atoms with E-state index >= 15 is 0 Å². The summed E-state index contributed by atoms with van der Waals surface area (Å²) in [6.45, 7) is -0.506. The fraction of sp³-hybridized carbons (Fsp3) is 0.150. The van der Waals surface area contributed by atoms with Crippen LogP contribution in [0.5, 0.6) is 11.5 Å². The van der Waals surface area contributed by atoms with Crippen molar-refractivity contribution in [3.8, 4) is 17.6 Å². The minimum absolute atomic E-state index is 0.0977. The van der Waals surface area contributed by atoms with Crippen molar-refractivity contribution in [1.82, 2.24) is 0 Å². The number of rotatable bonds is 8. The number of nitrogens with one attached hydrogen (secondary N) is 1. The van der Waals surface area contributed by atoms with Crippen LogP contribution >= 0.6 is 15.9 Å². The summed E-state index contributed by atoms with van der Waals surface area (Å²) in [5.41, 5.74) is 1.25. The summed E-state index contributed by atoms with van der Waals surface area (Å²) < 4.78 is 16.1. The molecule has 0 aliphatic heterocycles. The third-order valence-corrected chi connectivity index (χ3v) is 4.08. The normalized spacial score (nSPS) is 10.2. The second kappa shape index (κ2) is 10.7. The van der Waals surface area contributed by atoms with Crippen LogP contribution in [0.4, 0.5) is 5.69 Å². The molecule has 28 heavy (non-hydrogen) atoms. The molecule has 7 nitrogen and oxygen atoms in total. The predicted molar refractivity (Wildman–Crippen MR) is 107 cm³/mol. The van der Waals surface area contributed by atoms with E-state index in [0.29, 0.717) is 22.7 Å². The van der Waals surface area contributed by atoms with Crippen molar-refractivity contribution >= 4 is 39.6 Å². The minimum atomic E-state index is -0.661. The standard InChI is InChI=1S/C20H17BrN2O5/c1-26-18-12-14(6-8-17(18)27-11-10-22)7-9-20(25)28-13-19(24)23-16-5-3-2-4-15(16)21/h2-9,12H,11,13H2,1H3,(H,23,24)/b9-7+. The highest BCUT2D eigenvalue weighted by molar-refractivity contribution is 9.10. The number of anilines is 1. The van der Waals surface area contributed by atoms with Gasteiger partial charge in [0.1, 0.15) is 6.07 Å². The number of para-hydroxylation sites is 1. The second-order valence-corrected chi connectivity index (χ2v) is 6.18. The number of hydrogen-bond acceptors (Lipinski definition) is 6. The summed E-state index contributed by atoms with van der Waals surface area (Å²) in [6.07, 6.45) is 2.72. The van der Waals surface area contributed by atoms with Gasteiger partial charge in [0.15, 0.2) is 24.7 Å². The zero-order chi connectivity index (χ0) is 20.4. The van der Waals surface area contributed by atoms with Crippen molar-refractivity contribution in [2.45, 2.75) is 0 Å². The van der Waals surface area contributed by atoms with Crippen LogP contribution in [0.25, 0.3) is 6.08 Å². The molecule has 2 aromatic carbocycles. The predicted octanol–water partition coefficient (Wildman–Crippen LogP) is 3.56. The van der Waals surface area contributed by atoms with Gasteiger partial charge in [-0.1, -0.05) is 18.2 Å². The van der Waals surface area contributed by atoms with Crippen molar-refractivity contribution in [1.29, 1.82) is 5.26 Å².